The van der Waals surface area contributed by atoms with Gasteiger partial charge in [0.05, 0.1) is 6.61 Å². The standard InChI is InChI=1S/C9H14N2OS.C3H7NOS.C2H6Si/c1-3-10(4-2)9(13)12-11-7-5-6-8-11;1-2-5-3(4)6;1-2-3/h5-8H,3-4H2,1-2H3;2H2,1H3,(H2,4,6);2H,1H2,3H3. The number of rotatable bonds is 4. The predicted molar refractivity (Wildman–Crippen MR) is 105 cm³/mol. The van der Waals surface area contributed by atoms with Gasteiger partial charge in [0.2, 0.25) is 0 Å². The summed E-state index contributed by atoms with van der Waals surface area (Å²) in [6.07, 6.45) is 3.63. The average molecular weight is 362 g/mol. The number of aromatic nitrogens is 1. The van der Waals surface area contributed by atoms with Crippen molar-refractivity contribution < 1.29 is 9.57 Å². The van der Waals surface area contributed by atoms with Gasteiger partial charge in [-0.1, -0.05) is 0 Å². The number of ether oxygens (including phenoxy) is 1. The van der Waals surface area contributed by atoms with E-state index in [1.54, 1.807) is 4.73 Å². The average Bonchev–Trinajstić information content (AvgIpc) is 2.94. The Morgan fingerprint density at radius 2 is 1.73 bits per heavy atom. The Bertz CT molecular complexity index is 410. The van der Waals surface area contributed by atoms with E-state index in [-0.39, 0.29) is 5.17 Å². The first-order chi connectivity index (χ1) is 10.5. The molecule has 5 nitrogen and oxygen atoms in total. The number of nitrogens with zero attached hydrogens (tertiary/aromatic N) is 2. The lowest BCUT2D eigenvalue weighted by Gasteiger charge is -2.20. The van der Waals surface area contributed by atoms with Gasteiger partial charge in [0.1, 0.15) is 0 Å². The lowest BCUT2D eigenvalue weighted by Crippen LogP contribution is -2.36. The molecule has 1 aromatic heterocycles. The maximum Gasteiger partial charge on any atom is 0.289 e. The highest BCUT2D eigenvalue weighted by atomic mass is 32.1. The maximum absolute atomic E-state index is 5.37. The van der Waals surface area contributed by atoms with Gasteiger partial charge >= 0.3 is 0 Å². The summed E-state index contributed by atoms with van der Waals surface area (Å²) in [5.41, 5.74) is 6.80. The molecule has 0 radical (unpaired) electrons. The first-order valence-electron chi connectivity index (χ1n) is 7.06. The molecule has 22 heavy (non-hydrogen) atoms. The van der Waals surface area contributed by atoms with Crippen LogP contribution in [-0.4, -0.2) is 49.9 Å². The fourth-order valence-electron chi connectivity index (χ4n) is 1.15. The van der Waals surface area contributed by atoms with Crippen molar-refractivity contribution >= 4 is 45.0 Å². The van der Waals surface area contributed by atoms with Crippen molar-refractivity contribution in [3.8, 4) is 0 Å². The molecule has 0 unspecified atom stereocenters. The van der Waals surface area contributed by atoms with Crippen LogP contribution in [0.4, 0.5) is 0 Å². The van der Waals surface area contributed by atoms with Gasteiger partial charge in [-0.05, 0) is 57.3 Å². The van der Waals surface area contributed by atoms with Crippen LogP contribution < -0.4 is 10.6 Å². The molecule has 8 heteroatoms. The summed E-state index contributed by atoms with van der Waals surface area (Å²) in [6, 6.07) is 3.79. The van der Waals surface area contributed by atoms with Crippen LogP contribution in [0.25, 0.3) is 0 Å². The van der Waals surface area contributed by atoms with Crippen molar-refractivity contribution in [1.29, 1.82) is 0 Å². The summed E-state index contributed by atoms with van der Waals surface area (Å²) >= 11 is 9.45. The van der Waals surface area contributed by atoms with Crippen LogP contribution in [0.2, 0.25) is 0 Å². The lowest BCUT2D eigenvalue weighted by atomic mass is 10.6. The largest absolute Gasteiger partial charge is 0.472 e. The van der Waals surface area contributed by atoms with Crippen molar-refractivity contribution in [1.82, 2.24) is 9.63 Å². The summed E-state index contributed by atoms with van der Waals surface area (Å²) < 4.78 is 6.15. The number of thiocarbonyl (C=S) groups is 2. The van der Waals surface area contributed by atoms with Gasteiger partial charge in [0.25, 0.3) is 10.3 Å². The molecule has 0 aliphatic carbocycles. The van der Waals surface area contributed by atoms with Crippen LogP contribution in [-0.2, 0) is 4.74 Å². The molecule has 0 atom stereocenters. The maximum atomic E-state index is 5.37. The van der Waals surface area contributed by atoms with Gasteiger partial charge < -0.3 is 20.2 Å². The number of hydrogen-bond acceptors (Lipinski definition) is 4. The molecule has 1 heterocycles. The van der Waals surface area contributed by atoms with Crippen LogP contribution in [0.1, 0.15) is 20.8 Å². The van der Waals surface area contributed by atoms with Crippen LogP contribution in [0.3, 0.4) is 0 Å². The van der Waals surface area contributed by atoms with Crippen molar-refractivity contribution in [3.05, 3.63) is 36.8 Å². The minimum Gasteiger partial charge on any atom is -0.472 e. The van der Waals surface area contributed by atoms with Crippen molar-refractivity contribution in [2.75, 3.05) is 19.7 Å². The molecule has 1 rings (SSSR count). The quantitative estimate of drug-likeness (QED) is 0.644. The fourth-order valence-corrected chi connectivity index (χ4v) is 1.61. The van der Waals surface area contributed by atoms with E-state index in [0.29, 0.717) is 11.8 Å². The Kier molecular flexibility index (Phi) is 16.6. The van der Waals surface area contributed by atoms with Gasteiger partial charge in [0.15, 0.2) is 0 Å². The third-order valence-electron chi connectivity index (χ3n) is 2.07. The third kappa shape index (κ3) is 13.6. The minimum absolute atomic E-state index is 0.123. The Morgan fingerprint density at radius 3 is 2.00 bits per heavy atom. The molecule has 0 saturated carbocycles. The van der Waals surface area contributed by atoms with E-state index in [1.165, 1.54) is 0 Å². The summed E-state index contributed by atoms with van der Waals surface area (Å²) in [6.45, 7) is 11.7. The monoisotopic (exact) mass is 361 g/mol. The lowest BCUT2D eigenvalue weighted by molar-refractivity contribution is 0.220. The minimum atomic E-state index is 0.123. The molecule has 0 aliphatic heterocycles. The zero-order valence-electron chi connectivity index (χ0n) is 13.8. The molecule has 126 valence electrons. The molecule has 1 aromatic rings. The molecule has 0 saturated heterocycles. The Labute approximate surface area is 147 Å². The van der Waals surface area contributed by atoms with E-state index < -0.39 is 0 Å². The normalized spacial score (nSPS) is 8.50. The van der Waals surface area contributed by atoms with E-state index in [0.717, 1.165) is 23.3 Å². The van der Waals surface area contributed by atoms with E-state index in [2.05, 4.69) is 37.4 Å². The summed E-state index contributed by atoms with van der Waals surface area (Å²) in [5.74, 6) is 0. The van der Waals surface area contributed by atoms with Gasteiger partial charge in [-0.2, -0.15) is 4.73 Å². The van der Waals surface area contributed by atoms with E-state index in [1.807, 2.05) is 42.0 Å². The topological polar surface area (TPSA) is 52.6 Å². The van der Waals surface area contributed by atoms with E-state index in [4.69, 9.17) is 22.8 Å². The van der Waals surface area contributed by atoms with Gasteiger partial charge in [0, 0.05) is 35.7 Å². The highest BCUT2D eigenvalue weighted by Crippen LogP contribution is 1.93. The second kappa shape index (κ2) is 16.0. The summed E-state index contributed by atoms with van der Waals surface area (Å²) in [4.78, 5) is 7.35. The number of nitrogens with two attached hydrogens (primary N) is 1. The highest BCUT2D eigenvalue weighted by molar-refractivity contribution is 7.80. The summed E-state index contributed by atoms with van der Waals surface area (Å²) in [7, 11) is 1.13. The summed E-state index contributed by atoms with van der Waals surface area (Å²) in [5, 5.41) is 0.638. The van der Waals surface area contributed by atoms with Crippen LogP contribution >= 0.6 is 24.4 Å². The zero-order chi connectivity index (χ0) is 17.4. The molecule has 0 aliphatic rings. The second-order valence-corrected chi connectivity index (χ2v) is 5.30. The van der Waals surface area contributed by atoms with Gasteiger partial charge in [-0.3, -0.25) is 0 Å². The molecule has 0 aromatic carbocycles. The van der Waals surface area contributed by atoms with Crippen molar-refractivity contribution in [3.63, 3.8) is 0 Å². The van der Waals surface area contributed by atoms with Crippen LogP contribution in [0.15, 0.2) is 36.8 Å². The van der Waals surface area contributed by atoms with Crippen LogP contribution in [0, 0.1) is 0 Å². The Morgan fingerprint density at radius 1 is 1.27 bits per heavy atom. The Hall–Kier alpha value is -1.38. The molecular weight excluding hydrogens is 334 g/mol. The van der Waals surface area contributed by atoms with Crippen LogP contribution in [0.5, 0.6) is 0 Å². The second-order valence-electron chi connectivity index (χ2n) is 3.73. The zero-order valence-corrected chi connectivity index (χ0v) is 17.5. The first kappa shape index (κ1) is 22.9. The van der Waals surface area contributed by atoms with E-state index in [9.17, 15) is 0 Å². The van der Waals surface area contributed by atoms with Crippen molar-refractivity contribution in [2.45, 2.75) is 20.8 Å². The molecule has 0 amide bonds. The molecule has 0 spiro atoms. The SMILES string of the molecule is C=C[SiH3].CCN(CC)C(=S)On1cccc1.CCOC(N)=S. The predicted octanol–water partition coefficient (Wildman–Crippen LogP) is 1.31. The molecule has 0 bridgehead atoms. The first-order valence-corrected chi connectivity index (χ1v) is 9.03. The number of hydrogen-bond donors (Lipinski definition) is 1. The fraction of sp³-hybridized carbons (Fsp3) is 0.429. The smallest absolute Gasteiger partial charge is 0.289 e. The van der Waals surface area contributed by atoms with Gasteiger partial charge in [-0.25, -0.2) is 0 Å². The van der Waals surface area contributed by atoms with Crippen molar-refractivity contribution in [2.24, 2.45) is 5.73 Å². The third-order valence-corrected chi connectivity index (χ3v) is 2.52. The van der Waals surface area contributed by atoms with Gasteiger partial charge in [-0.15, -0.1) is 12.3 Å². The van der Waals surface area contributed by atoms with E-state index >= 15 is 0 Å². The highest BCUT2D eigenvalue weighted by Gasteiger charge is 2.06. The molecular formula is C14H27N3O2S2Si. The molecule has 0 fully saturated rings. The Balaban J connectivity index is 0. The molecule has 2 N–H and O–H groups in total.